The van der Waals surface area contributed by atoms with Crippen LogP contribution in [0.2, 0.25) is 5.02 Å². The van der Waals surface area contributed by atoms with Crippen LogP contribution in [-0.2, 0) is 0 Å². The van der Waals surface area contributed by atoms with Crippen molar-refractivity contribution in [1.82, 2.24) is 4.98 Å². The summed E-state index contributed by atoms with van der Waals surface area (Å²) in [4.78, 5) is 20.6. The Kier molecular flexibility index (Phi) is 4.93. The molecule has 0 amide bonds. The Morgan fingerprint density at radius 2 is 2.04 bits per heavy atom. The SMILES string of the molecule is N#Cc1ccc(Cl)c(NOc2ccc(-c3cccc(C=O)c3)nc2)c1. The van der Waals surface area contributed by atoms with Gasteiger partial charge in [-0.3, -0.25) is 9.78 Å². The molecule has 1 aromatic heterocycles. The van der Waals surface area contributed by atoms with Crippen molar-refractivity contribution in [1.29, 1.82) is 5.26 Å². The molecule has 0 radical (unpaired) electrons. The Morgan fingerprint density at radius 3 is 2.76 bits per heavy atom. The molecular formula is C19H12ClN3O2. The first kappa shape index (κ1) is 16.5. The summed E-state index contributed by atoms with van der Waals surface area (Å²) in [5.74, 6) is 0.480. The highest BCUT2D eigenvalue weighted by molar-refractivity contribution is 6.33. The van der Waals surface area contributed by atoms with E-state index >= 15 is 0 Å². The van der Waals surface area contributed by atoms with Gasteiger partial charge < -0.3 is 4.84 Å². The minimum Gasteiger partial charge on any atom is -0.380 e. The predicted octanol–water partition coefficient (Wildman–Crippen LogP) is 4.49. The molecule has 0 atom stereocenters. The number of carbonyl (C=O) groups is 1. The maximum atomic E-state index is 10.9. The third-order valence-corrected chi connectivity index (χ3v) is 3.76. The fraction of sp³-hybridized carbons (Fsp3) is 0. The maximum absolute atomic E-state index is 10.9. The Balaban J connectivity index is 1.73. The highest BCUT2D eigenvalue weighted by Crippen LogP contribution is 2.24. The molecule has 3 rings (SSSR count). The second kappa shape index (κ2) is 7.47. The number of aldehydes is 1. The van der Waals surface area contributed by atoms with Crippen molar-refractivity contribution in [2.24, 2.45) is 0 Å². The second-order valence-electron chi connectivity index (χ2n) is 5.13. The van der Waals surface area contributed by atoms with Gasteiger partial charge in [0, 0.05) is 11.1 Å². The van der Waals surface area contributed by atoms with Gasteiger partial charge in [0.2, 0.25) is 0 Å². The first-order valence-electron chi connectivity index (χ1n) is 7.34. The highest BCUT2D eigenvalue weighted by Gasteiger charge is 2.05. The first-order valence-corrected chi connectivity index (χ1v) is 7.71. The predicted molar refractivity (Wildman–Crippen MR) is 95.5 cm³/mol. The lowest BCUT2D eigenvalue weighted by molar-refractivity contribution is 0.112. The van der Waals surface area contributed by atoms with Gasteiger partial charge in [-0.15, -0.1) is 0 Å². The molecule has 0 aliphatic heterocycles. The summed E-state index contributed by atoms with van der Waals surface area (Å²) in [6.07, 6.45) is 2.35. The van der Waals surface area contributed by atoms with Gasteiger partial charge in [-0.05, 0) is 36.4 Å². The van der Waals surface area contributed by atoms with Crippen LogP contribution in [0, 0.1) is 11.3 Å². The van der Waals surface area contributed by atoms with Gasteiger partial charge in [-0.1, -0.05) is 29.8 Å². The van der Waals surface area contributed by atoms with Crippen molar-refractivity contribution < 1.29 is 9.63 Å². The lowest BCUT2D eigenvalue weighted by Gasteiger charge is -2.10. The van der Waals surface area contributed by atoms with Gasteiger partial charge in [0.05, 0.1) is 34.2 Å². The van der Waals surface area contributed by atoms with Gasteiger partial charge in [0.1, 0.15) is 6.29 Å². The van der Waals surface area contributed by atoms with Gasteiger partial charge >= 0.3 is 0 Å². The Hall–Kier alpha value is -3.36. The maximum Gasteiger partial charge on any atom is 0.173 e. The highest BCUT2D eigenvalue weighted by atomic mass is 35.5. The minimum atomic E-state index is 0.439. The smallest absolute Gasteiger partial charge is 0.173 e. The summed E-state index contributed by atoms with van der Waals surface area (Å²) in [6.45, 7) is 0. The lowest BCUT2D eigenvalue weighted by atomic mass is 10.1. The van der Waals surface area contributed by atoms with E-state index in [1.807, 2.05) is 12.1 Å². The number of carbonyl (C=O) groups excluding carboxylic acids is 1. The van der Waals surface area contributed by atoms with E-state index in [2.05, 4.69) is 10.5 Å². The van der Waals surface area contributed by atoms with Crippen LogP contribution in [0.25, 0.3) is 11.3 Å². The van der Waals surface area contributed by atoms with E-state index in [-0.39, 0.29) is 0 Å². The van der Waals surface area contributed by atoms with Crippen LogP contribution in [0.5, 0.6) is 5.75 Å². The summed E-state index contributed by atoms with van der Waals surface area (Å²) < 4.78 is 0. The van der Waals surface area contributed by atoms with E-state index in [9.17, 15) is 4.79 Å². The number of nitriles is 1. The molecule has 0 saturated carbocycles. The first-order chi connectivity index (χ1) is 12.2. The van der Waals surface area contributed by atoms with E-state index in [4.69, 9.17) is 21.7 Å². The molecule has 1 heterocycles. The Morgan fingerprint density at radius 1 is 1.16 bits per heavy atom. The number of benzene rings is 2. The number of hydrogen-bond acceptors (Lipinski definition) is 5. The molecule has 25 heavy (non-hydrogen) atoms. The molecule has 0 spiro atoms. The van der Waals surface area contributed by atoms with E-state index < -0.39 is 0 Å². The zero-order valence-electron chi connectivity index (χ0n) is 12.9. The number of aromatic nitrogens is 1. The van der Waals surface area contributed by atoms with Gasteiger partial charge in [0.15, 0.2) is 5.75 Å². The fourth-order valence-corrected chi connectivity index (χ4v) is 2.33. The largest absolute Gasteiger partial charge is 0.380 e. The number of hydrogen-bond donors (Lipinski definition) is 1. The van der Waals surface area contributed by atoms with Crippen LogP contribution in [0.15, 0.2) is 60.8 Å². The van der Waals surface area contributed by atoms with E-state index in [1.54, 1.807) is 54.7 Å². The van der Waals surface area contributed by atoms with Crippen molar-refractivity contribution in [3.63, 3.8) is 0 Å². The van der Waals surface area contributed by atoms with E-state index in [0.29, 0.717) is 27.6 Å². The summed E-state index contributed by atoms with van der Waals surface area (Å²) >= 11 is 6.06. The lowest BCUT2D eigenvalue weighted by Crippen LogP contribution is -2.05. The van der Waals surface area contributed by atoms with Crippen LogP contribution in [0.3, 0.4) is 0 Å². The van der Waals surface area contributed by atoms with E-state index in [1.165, 1.54) is 0 Å². The van der Waals surface area contributed by atoms with Gasteiger partial charge in [-0.2, -0.15) is 5.26 Å². The molecule has 0 aliphatic rings. The third kappa shape index (κ3) is 3.94. The minimum absolute atomic E-state index is 0.439. The van der Waals surface area contributed by atoms with Crippen LogP contribution >= 0.6 is 11.6 Å². The number of halogens is 1. The molecule has 0 saturated heterocycles. The molecule has 6 heteroatoms. The molecule has 0 bridgehead atoms. The average Bonchev–Trinajstić information content (AvgIpc) is 2.68. The van der Waals surface area contributed by atoms with Crippen molar-refractivity contribution in [2.45, 2.75) is 0 Å². The van der Waals surface area contributed by atoms with Crippen LogP contribution < -0.4 is 10.3 Å². The zero-order chi connectivity index (χ0) is 17.6. The van der Waals surface area contributed by atoms with Gasteiger partial charge in [0.25, 0.3) is 0 Å². The topological polar surface area (TPSA) is 75.0 Å². The summed E-state index contributed by atoms with van der Waals surface area (Å²) in [5.41, 5.74) is 5.83. The standard InChI is InChI=1S/C19H12ClN3O2/c20-17-6-4-13(10-21)9-19(17)23-25-16-5-7-18(22-11-16)15-3-1-2-14(8-15)12-24/h1-9,11-12,23H. The number of pyridine rings is 1. The molecule has 3 aromatic rings. The Labute approximate surface area is 149 Å². The molecule has 1 N–H and O–H groups in total. The van der Waals surface area contributed by atoms with Crippen molar-refractivity contribution >= 4 is 23.6 Å². The number of anilines is 1. The quantitative estimate of drug-likeness (QED) is 0.542. The van der Waals surface area contributed by atoms with Gasteiger partial charge in [-0.25, -0.2) is 5.48 Å². The molecule has 0 aliphatic carbocycles. The third-order valence-electron chi connectivity index (χ3n) is 3.43. The fourth-order valence-electron chi connectivity index (χ4n) is 2.17. The molecule has 5 nitrogen and oxygen atoms in total. The molecule has 2 aromatic carbocycles. The second-order valence-corrected chi connectivity index (χ2v) is 5.54. The van der Waals surface area contributed by atoms with Crippen molar-refractivity contribution in [2.75, 3.05) is 5.48 Å². The van der Waals surface area contributed by atoms with Crippen molar-refractivity contribution in [3.8, 4) is 23.1 Å². The average molecular weight is 350 g/mol. The monoisotopic (exact) mass is 349 g/mol. The Bertz CT molecular complexity index is 950. The van der Waals surface area contributed by atoms with Crippen LogP contribution in [-0.4, -0.2) is 11.3 Å². The summed E-state index contributed by atoms with van der Waals surface area (Å²) in [6, 6.07) is 17.6. The number of nitrogens with one attached hydrogen (secondary N) is 1. The number of nitrogens with zero attached hydrogens (tertiary/aromatic N) is 2. The van der Waals surface area contributed by atoms with Crippen molar-refractivity contribution in [3.05, 3.63) is 76.9 Å². The summed E-state index contributed by atoms with van der Waals surface area (Å²) in [7, 11) is 0. The zero-order valence-corrected chi connectivity index (χ0v) is 13.7. The van der Waals surface area contributed by atoms with E-state index in [0.717, 1.165) is 17.5 Å². The number of rotatable bonds is 5. The molecule has 0 unspecified atom stereocenters. The van der Waals surface area contributed by atoms with Crippen LogP contribution in [0.4, 0.5) is 5.69 Å². The van der Waals surface area contributed by atoms with Crippen LogP contribution in [0.1, 0.15) is 15.9 Å². The molecule has 0 fully saturated rings. The normalized spacial score (nSPS) is 9.92. The molecular weight excluding hydrogens is 338 g/mol. The summed E-state index contributed by atoms with van der Waals surface area (Å²) in [5, 5.41) is 9.36. The molecule has 122 valence electrons.